The highest BCUT2D eigenvalue weighted by Crippen LogP contribution is 2.06. The zero-order valence-corrected chi connectivity index (χ0v) is 10.1. The van der Waals surface area contributed by atoms with Gasteiger partial charge in [-0.1, -0.05) is 12.1 Å². The van der Waals surface area contributed by atoms with Gasteiger partial charge in [-0.2, -0.15) is 0 Å². The van der Waals surface area contributed by atoms with Crippen molar-refractivity contribution in [3.63, 3.8) is 0 Å². The lowest BCUT2D eigenvalue weighted by Gasteiger charge is -1.95. The van der Waals surface area contributed by atoms with E-state index in [1.165, 1.54) is 6.08 Å². The third-order valence-corrected chi connectivity index (χ3v) is 2.34. The van der Waals surface area contributed by atoms with E-state index in [2.05, 4.69) is 9.97 Å². The molecule has 2 heterocycles. The standard InChI is InChI=1S/C15H12N2O2/c18-15(19)9-5-12-4-6-14(17-11-12)8-7-13-3-1-2-10-16-13/h1-11H,(H,18,19)/b8-7+,9-5?. The number of carboxylic acid groups (broad SMARTS) is 1. The van der Waals surface area contributed by atoms with Crippen molar-refractivity contribution in [2.45, 2.75) is 0 Å². The molecule has 0 bridgehead atoms. The van der Waals surface area contributed by atoms with E-state index in [1.54, 1.807) is 12.4 Å². The highest BCUT2D eigenvalue weighted by Gasteiger charge is 1.92. The van der Waals surface area contributed by atoms with Crippen LogP contribution in [-0.2, 0) is 4.79 Å². The number of aliphatic carboxylic acids is 1. The maximum atomic E-state index is 10.4. The van der Waals surface area contributed by atoms with Crippen LogP contribution in [0.5, 0.6) is 0 Å². The molecule has 2 rings (SSSR count). The molecule has 1 N–H and O–H groups in total. The van der Waals surface area contributed by atoms with E-state index in [9.17, 15) is 4.79 Å². The highest BCUT2D eigenvalue weighted by atomic mass is 16.4. The largest absolute Gasteiger partial charge is 0.478 e. The Balaban J connectivity index is 2.07. The Labute approximate surface area is 110 Å². The number of nitrogens with zero attached hydrogens (tertiary/aromatic N) is 2. The normalized spacial score (nSPS) is 11.2. The van der Waals surface area contributed by atoms with Gasteiger partial charge in [-0.15, -0.1) is 0 Å². The first-order chi connectivity index (χ1) is 9.24. The molecule has 0 saturated carbocycles. The van der Waals surface area contributed by atoms with Crippen LogP contribution in [-0.4, -0.2) is 21.0 Å². The second-order valence-corrected chi connectivity index (χ2v) is 3.78. The van der Waals surface area contributed by atoms with E-state index in [-0.39, 0.29) is 0 Å². The average molecular weight is 252 g/mol. The summed E-state index contributed by atoms with van der Waals surface area (Å²) in [6.07, 6.45) is 9.66. The second kappa shape index (κ2) is 6.26. The zero-order valence-electron chi connectivity index (χ0n) is 10.1. The van der Waals surface area contributed by atoms with Gasteiger partial charge < -0.3 is 5.11 Å². The number of hydrogen-bond donors (Lipinski definition) is 1. The number of pyridine rings is 2. The lowest BCUT2D eigenvalue weighted by atomic mass is 10.2. The predicted molar refractivity (Wildman–Crippen MR) is 74.1 cm³/mol. The van der Waals surface area contributed by atoms with Gasteiger partial charge in [0.05, 0.1) is 11.4 Å². The van der Waals surface area contributed by atoms with E-state index in [1.807, 2.05) is 42.5 Å². The maximum absolute atomic E-state index is 10.4. The SMILES string of the molecule is O=C(O)C=Cc1ccc(/C=C/c2ccccn2)nc1. The molecule has 94 valence electrons. The van der Waals surface area contributed by atoms with Crippen LogP contribution < -0.4 is 0 Å². The van der Waals surface area contributed by atoms with Gasteiger partial charge in [-0.25, -0.2) is 4.79 Å². The molecule has 0 aliphatic heterocycles. The summed E-state index contributed by atoms with van der Waals surface area (Å²) in [4.78, 5) is 18.8. The third kappa shape index (κ3) is 4.20. The fraction of sp³-hybridized carbons (Fsp3) is 0. The Kier molecular flexibility index (Phi) is 4.18. The van der Waals surface area contributed by atoms with Crippen LogP contribution >= 0.6 is 0 Å². The topological polar surface area (TPSA) is 63.1 Å². The van der Waals surface area contributed by atoms with E-state index >= 15 is 0 Å². The first-order valence-corrected chi connectivity index (χ1v) is 5.70. The first-order valence-electron chi connectivity index (χ1n) is 5.70. The molecule has 19 heavy (non-hydrogen) atoms. The summed E-state index contributed by atoms with van der Waals surface area (Å²) in [6, 6.07) is 9.31. The second-order valence-electron chi connectivity index (χ2n) is 3.78. The smallest absolute Gasteiger partial charge is 0.328 e. The van der Waals surface area contributed by atoms with Crippen molar-refractivity contribution in [3.05, 3.63) is 65.8 Å². The quantitative estimate of drug-likeness (QED) is 0.850. The van der Waals surface area contributed by atoms with Gasteiger partial charge in [0.15, 0.2) is 0 Å². The Morgan fingerprint density at radius 1 is 1.00 bits per heavy atom. The minimum atomic E-state index is -0.973. The molecule has 4 heteroatoms. The molecular weight excluding hydrogens is 240 g/mol. The van der Waals surface area contributed by atoms with Gasteiger partial charge >= 0.3 is 5.97 Å². The zero-order chi connectivity index (χ0) is 13.5. The molecule has 0 amide bonds. The molecule has 2 aromatic heterocycles. The number of aromatic nitrogens is 2. The Morgan fingerprint density at radius 3 is 2.37 bits per heavy atom. The molecule has 0 saturated heterocycles. The summed E-state index contributed by atoms with van der Waals surface area (Å²) >= 11 is 0. The predicted octanol–water partition coefficient (Wildman–Crippen LogP) is 2.74. The highest BCUT2D eigenvalue weighted by molar-refractivity contribution is 5.85. The van der Waals surface area contributed by atoms with Crippen LogP contribution in [0.2, 0.25) is 0 Å². The van der Waals surface area contributed by atoms with Crippen molar-refractivity contribution in [1.29, 1.82) is 0 Å². The Morgan fingerprint density at radius 2 is 1.79 bits per heavy atom. The molecule has 4 nitrogen and oxygen atoms in total. The van der Waals surface area contributed by atoms with Gasteiger partial charge in [-0.05, 0) is 42.0 Å². The average Bonchev–Trinajstić information content (AvgIpc) is 2.45. The molecule has 0 aromatic carbocycles. The summed E-state index contributed by atoms with van der Waals surface area (Å²) in [5.74, 6) is -0.973. The molecule has 0 aliphatic rings. The molecule has 0 aliphatic carbocycles. The van der Waals surface area contributed by atoms with Crippen molar-refractivity contribution in [2.75, 3.05) is 0 Å². The minimum absolute atomic E-state index is 0.748. The summed E-state index contributed by atoms with van der Waals surface area (Å²) < 4.78 is 0. The van der Waals surface area contributed by atoms with Crippen molar-refractivity contribution in [1.82, 2.24) is 9.97 Å². The lowest BCUT2D eigenvalue weighted by Crippen LogP contribution is -1.86. The number of hydrogen-bond acceptors (Lipinski definition) is 3. The number of rotatable bonds is 4. The minimum Gasteiger partial charge on any atom is -0.478 e. The third-order valence-electron chi connectivity index (χ3n) is 2.34. The molecule has 0 radical (unpaired) electrons. The van der Waals surface area contributed by atoms with Gasteiger partial charge in [-0.3, -0.25) is 9.97 Å². The lowest BCUT2D eigenvalue weighted by molar-refractivity contribution is -0.131. The van der Waals surface area contributed by atoms with Crippen LogP contribution in [0, 0.1) is 0 Å². The van der Waals surface area contributed by atoms with Gasteiger partial charge in [0.2, 0.25) is 0 Å². The Bertz CT molecular complexity index is 602. The molecule has 0 fully saturated rings. The van der Waals surface area contributed by atoms with Crippen LogP contribution in [0.1, 0.15) is 17.0 Å². The van der Waals surface area contributed by atoms with Crippen LogP contribution in [0.25, 0.3) is 18.2 Å². The number of carbonyl (C=O) groups is 1. The first kappa shape index (κ1) is 12.7. The van der Waals surface area contributed by atoms with Crippen molar-refractivity contribution >= 4 is 24.2 Å². The van der Waals surface area contributed by atoms with E-state index < -0.39 is 5.97 Å². The van der Waals surface area contributed by atoms with Crippen LogP contribution in [0.4, 0.5) is 0 Å². The molecule has 2 aromatic rings. The molecule has 0 spiro atoms. The maximum Gasteiger partial charge on any atom is 0.328 e. The summed E-state index contributed by atoms with van der Waals surface area (Å²) in [5, 5.41) is 8.51. The summed E-state index contributed by atoms with van der Waals surface area (Å²) in [5.41, 5.74) is 2.40. The van der Waals surface area contributed by atoms with E-state index in [0.29, 0.717) is 0 Å². The van der Waals surface area contributed by atoms with E-state index in [4.69, 9.17) is 5.11 Å². The molecule has 0 atom stereocenters. The van der Waals surface area contributed by atoms with Crippen molar-refractivity contribution < 1.29 is 9.90 Å². The monoisotopic (exact) mass is 252 g/mol. The van der Waals surface area contributed by atoms with Gasteiger partial charge in [0, 0.05) is 18.5 Å². The van der Waals surface area contributed by atoms with Crippen LogP contribution in [0.15, 0.2) is 48.8 Å². The fourth-order valence-corrected chi connectivity index (χ4v) is 1.43. The summed E-state index contributed by atoms with van der Waals surface area (Å²) in [6.45, 7) is 0. The number of carboxylic acids is 1. The fourth-order valence-electron chi connectivity index (χ4n) is 1.43. The Hall–Kier alpha value is -2.75. The molecule has 0 unspecified atom stereocenters. The van der Waals surface area contributed by atoms with Crippen LogP contribution in [0.3, 0.4) is 0 Å². The van der Waals surface area contributed by atoms with Gasteiger partial charge in [0.1, 0.15) is 0 Å². The summed E-state index contributed by atoms with van der Waals surface area (Å²) in [7, 11) is 0. The van der Waals surface area contributed by atoms with E-state index in [0.717, 1.165) is 23.0 Å². The van der Waals surface area contributed by atoms with Crippen molar-refractivity contribution in [2.24, 2.45) is 0 Å². The van der Waals surface area contributed by atoms with Gasteiger partial charge in [0.25, 0.3) is 0 Å². The van der Waals surface area contributed by atoms with Crippen molar-refractivity contribution in [3.8, 4) is 0 Å². The molecular formula is C15H12N2O2.